The molecule has 0 spiro atoms. The lowest BCUT2D eigenvalue weighted by Gasteiger charge is -2.18. The van der Waals surface area contributed by atoms with E-state index in [9.17, 15) is 14.4 Å². The summed E-state index contributed by atoms with van der Waals surface area (Å²) in [5, 5.41) is 0. The molecule has 0 radical (unpaired) electrons. The van der Waals surface area contributed by atoms with Gasteiger partial charge in [-0.15, -0.1) is 0 Å². The molecule has 1 unspecified atom stereocenters. The molecule has 0 fully saturated rings. The highest BCUT2D eigenvalue weighted by molar-refractivity contribution is 5.71. The minimum atomic E-state index is -0.782. The average molecular weight is 940 g/mol. The van der Waals surface area contributed by atoms with Gasteiger partial charge in [-0.2, -0.15) is 0 Å². The van der Waals surface area contributed by atoms with E-state index in [-0.39, 0.29) is 31.1 Å². The summed E-state index contributed by atoms with van der Waals surface area (Å²) in [6, 6.07) is 0. The van der Waals surface area contributed by atoms with Crippen LogP contribution >= 0.6 is 0 Å². The molecule has 6 nitrogen and oxygen atoms in total. The number of unbranched alkanes of at least 4 members (excludes halogenated alkanes) is 34. The molecule has 0 aromatic rings. The maximum atomic E-state index is 12.9. The van der Waals surface area contributed by atoms with E-state index >= 15 is 0 Å². The first-order valence-electron chi connectivity index (χ1n) is 29.1. The van der Waals surface area contributed by atoms with Crippen LogP contribution in [0, 0.1) is 0 Å². The van der Waals surface area contributed by atoms with Crippen LogP contribution in [-0.2, 0) is 28.6 Å². The predicted molar refractivity (Wildman–Crippen MR) is 289 cm³/mol. The second-order valence-electron chi connectivity index (χ2n) is 19.5. The summed E-state index contributed by atoms with van der Waals surface area (Å²) < 4.78 is 16.9. The van der Waals surface area contributed by atoms with Gasteiger partial charge in [-0.05, 0) is 103 Å². The van der Waals surface area contributed by atoms with E-state index < -0.39 is 6.10 Å². The quantitative estimate of drug-likeness (QED) is 0.0262. The molecule has 6 heteroatoms. The molecule has 0 aromatic heterocycles. The van der Waals surface area contributed by atoms with Gasteiger partial charge in [0.05, 0.1) is 0 Å². The summed E-state index contributed by atoms with van der Waals surface area (Å²) in [4.78, 5) is 38.2. The maximum Gasteiger partial charge on any atom is 0.306 e. The van der Waals surface area contributed by atoms with Crippen LogP contribution in [0.2, 0.25) is 0 Å². The van der Waals surface area contributed by atoms with E-state index in [1.807, 2.05) is 0 Å². The normalized spacial score (nSPS) is 12.3. The van der Waals surface area contributed by atoms with Gasteiger partial charge in [0.15, 0.2) is 6.10 Å². The van der Waals surface area contributed by atoms with Gasteiger partial charge in [0, 0.05) is 19.3 Å². The number of allylic oxidation sites excluding steroid dienone is 8. The topological polar surface area (TPSA) is 78.9 Å². The van der Waals surface area contributed by atoms with Crippen molar-refractivity contribution >= 4 is 17.9 Å². The highest BCUT2D eigenvalue weighted by atomic mass is 16.6. The number of carbonyl (C=O) groups excluding carboxylic acids is 3. The van der Waals surface area contributed by atoms with E-state index in [1.165, 1.54) is 186 Å². The fourth-order valence-corrected chi connectivity index (χ4v) is 8.35. The standard InChI is InChI=1S/C61H110O6/c1-4-7-10-13-16-19-22-25-28-30-33-36-39-42-45-48-51-54-60(63)66-57-58(56-65-59(62)53-50-47-44-41-38-35-32-27-24-21-18-15-12-9-6-3)67-61(64)55-52-49-46-43-40-37-34-31-29-26-23-20-17-14-11-8-5-2/h18,21,25-29,32,58H,4-17,19-20,22-24,30-31,33-57H2,1-3H3. The Morgan fingerprint density at radius 3 is 0.866 bits per heavy atom. The Hall–Kier alpha value is -2.63. The van der Waals surface area contributed by atoms with Crippen molar-refractivity contribution < 1.29 is 28.6 Å². The molecule has 0 aliphatic carbocycles. The third-order valence-corrected chi connectivity index (χ3v) is 12.8. The second-order valence-corrected chi connectivity index (χ2v) is 19.5. The molecule has 67 heavy (non-hydrogen) atoms. The van der Waals surface area contributed by atoms with Gasteiger partial charge >= 0.3 is 17.9 Å². The summed E-state index contributed by atoms with van der Waals surface area (Å²) in [5.74, 6) is -0.889. The van der Waals surface area contributed by atoms with Crippen LogP contribution in [0.4, 0.5) is 0 Å². The van der Waals surface area contributed by atoms with Crippen molar-refractivity contribution in [1.29, 1.82) is 0 Å². The first-order chi connectivity index (χ1) is 33.0. The Morgan fingerprint density at radius 1 is 0.299 bits per heavy atom. The molecule has 0 aromatic carbocycles. The third kappa shape index (κ3) is 54.2. The molecule has 0 rings (SSSR count). The summed E-state index contributed by atoms with van der Waals surface area (Å²) >= 11 is 0. The van der Waals surface area contributed by atoms with Crippen molar-refractivity contribution in [1.82, 2.24) is 0 Å². The minimum Gasteiger partial charge on any atom is -0.462 e. The summed E-state index contributed by atoms with van der Waals surface area (Å²) in [7, 11) is 0. The molecule has 0 saturated heterocycles. The van der Waals surface area contributed by atoms with Crippen molar-refractivity contribution in [2.45, 2.75) is 309 Å². The van der Waals surface area contributed by atoms with E-state index in [2.05, 4.69) is 69.4 Å². The van der Waals surface area contributed by atoms with Crippen LogP contribution in [0.15, 0.2) is 48.6 Å². The van der Waals surface area contributed by atoms with Crippen molar-refractivity contribution in [3.63, 3.8) is 0 Å². The van der Waals surface area contributed by atoms with Crippen LogP contribution in [0.25, 0.3) is 0 Å². The molecule has 0 aliphatic rings. The van der Waals surface area contributed by atoms with E-state index in [1.54, 1.807) is 0 Å². The molecular weight excluding hydrogens is 829 g/mol. The number of ether oxygens (including phenoxy) is 3. The fourth-order valence-electron chi connectivity index (χ4n) is 8.35. The first kappa shape index (κ1) is 64.4. The number of carbonyl (C=O) groups is 3. The monoisotopic (exact) mass is 939 g/mol. The molecular formula is C61H110O6. The molecule has 0 aliphatic heterocycles. The van der Waals surface area contributed by atoms with Gasteiger partial charge in [-0.3, -0.25) is 14.4 Å². The zero-order valence-electron chi connectivity index (χ0n) is 44.7. The highest BCUT2D eigenvalue weighted by Gasteiger charge is 2.19. The van der Waals surface area contributed by atoms with Gasteiger partial charge in [0.2, 0.25) is 0 Å². The first-order valence-corrected chi connectivity index (χ1v) is 29.1. The average Bonchev–Trinajstić information content (AvgIpc) is 3.33. The van der Waals surface area contributed by atoms with Gasteiger partial charge in [-0.25, -0.2) is 0 Å². The smallest absolute Gasteiger partial charge is 0.306 e. The number of hydrogen-bond donors (Lipinski definition) is 0. The fraction of sp³-hybridized carbons (Fsp3) is 0.820. The second kappa shape index (κ2) is 56.0. The summed E-state index contributed by atoms with van der Waals surface area (Å²) in [6.45, 7) is 6.62. The predicted octanol–water partition coefficient (Wildman–Crippen LogP) is 19.4. The van der Waals surface area contributed by atoms with Gasteiger partial charge in [0.25, 0.3) is 0 Å². The number of rotatable bonds is 53. The largest absolute Gasteiger partial charge is 0.462 e. The minimum absolute atomic E-state index is 0.0802. The molecule has 390 valence electrons. The third-order valence-electron chi connectivity index (χ3n) is 12.8. The Bertz CT molecular complexity index is 1170. The lowest BCUT2D eigenvalue weighted by Crippen LogP contribution is -2.30. The Kier molecular flexibility index (Phi) is 53.8. The van der Waals surface area contributed by atoms with Crippen LogP contribution in [0.3, 0.4) is 0 Å². The molecule has 0 saturated carbocycles. The zero-order valence-corrected chi connectivity index (χ0v) is 44.7. The molecule has 1 atom stereocenters. The molecule has 0 bridgehead atoms. The van der Waals surface area contributed by atoms with Crippen molar-refractivity contribution in [3.8, 4) is 0 Å². The van der Waals surface area contributed by atoms with Crippen molar-refractivity contribution in [3.05, 3.63) is 48.6 Å². The summed E-state index contributed by atoms with van der Waals surface area (Å²) in [6.07, 6.45) is 68.1. The SMILES string of the molecule is CCCCCC=CCC=CCCCCCCCC(=O)OCC(COC(=O)CCCCCCCCCC=CCCCCCCCC)OC(=O)CCCCCCCCCC=CCCCCCCCC. The lowest BCUT2D eigenvalue weighted by molar-refractivity contribution is -0.167. The van der Waals surface area contributed by atoms with Gasteiger partial charge < -0.3 is 14.2 Å². The maximum absolute atomic E-state index is 12.9. The lowest BCUT2D eigenvalue weighted by atomic mass is 10.1. The molecule has 0 heterocycles. The summed E-state index contributed by atoms with van der Waals surface area (Å²) in [5.41, 5.74) is 0. The Morgan fingerprint density at radius 2 is 0.537 bits per heavy atom. The van der Waals surface area contributed by atoms with Crippen LogP contribution in [0.5, 0.6) is 0 Å². The number of hydrogen-bond acceptors (Lipinski definition) is 6. The van der Waals surface area contributed by atoms with Crippen LogP contribution < -0.4 is 0 Å². The Labute approximate surface area is 416 Å². The van der Waals surface area contributed by atoms with Gasteiger partial charge in [-0.1, -0.05) is 230 Å². The number of esters is 3. The van der Waals surface area contributed by atoms with Crippen LogP contribution in [-0.4, -0.2) is 37.2 Å². The van der Waals surface area contributed by atoms with E-state index in [4.69, 9.17) is 14.2 Å². The zero-order chi connectivity index (χ0) is 48.6. The van der Waals surface area contributed by atoms with E-state index in [0.29, 0.717) is 19.3 Å². The van der Waals surface area contributed by atoms with Gasteiger partial charge in [0.1, 0.15) is 13.2 Å². The van der Waals surface area contributed by atoms with E-state index in [0.717, 1.165) is 77.0 Å². The Balaban J connectivity index is 4.39. The highest BCUT2D eigenvalue weighted by Crippen LogP contribution is 2.15. The van der Waals surface area contributed by atoms with Crippen molar-refractivity contribution in [2.75, 3.05) is 13.2 Å². The molecule has 0 N–H and O–H groups in total. The van der Waals surface area contributed by atoms with Crippen molar-refractivity contribution in [2.24, 2.45) is 0 Å². The van der Waals surface area contributed by atoms with Crippen LogP contribution in [0.1, 0.15) is 303 Å². The molecule has 0 amide bonds.